The molecule has 0 saturated heterocycles. The molecule has 0 fully saturated rings. The molecule has 3 nitrogen and oxygen atoms in total. The van der Waals surface area contributed by atoms with E-state index in [1.54, 1.807) is 18.2 Å². The molecule has 2 N–H and O–H groups in total. The second-order valence-electron chi connectivity index (χ2n) is 3.69. The molecule has 0 aliphatic carbocycles. The van der Waals surface area contributed by atoms with Gasteiger partial charge in [-0.3, -0.25) is 0 Å². The molecule has 18 heavy (non-hydrogen) atoms. The van der Waals surface area contributed by atoms with Gasteiger partial charge in [-0.15, -0.1) is 0 Å². The van der Waals surface area contributed by atoms with Gasteiger partial charge in [0.05, 0.1) is 10.7 Å². The number of hydrogen-bond donors (Lipinski definition) is 1. The molecule has 0 aliphatic heterocycles. The minimum atomic E-state index is 0.454. The molecular formula is C14H14ClNO2. The second kappa shape index (κ2) is 6.17. The Morgan fingerprint density at radius 3 is 2.22 bits per heavy atom. The van der Waals surface area contributed by atoms with Crippen molar-refractivity contribution >= 4 is 17.3 Å². The maximum atomic E-state index is 5.89. The Balaban J connectivity index is 1.77. The van der Waals surface area contributed by atoms with E-state index in [-0.39, 0.29) is 0 Å². The largest absolute Gasteiger partial charge is 0.490 e. The van der Waals surface area contributed by atoms with Crippen LogP contribution in [0.4, 0.5) is 5.69 Å². The van der Waals surface area contributed by atoms with E-state index in [1.807, 2.05) is 30.3 Å². The van der Waals surface area contributed by atoms with E-state index >= 15 is 0 Å². The fraction of sp³-hybridized carbons (Fsp3) is 0.143. The van der Waals surface area contributed by atoms with Crippen molar-refractivity contribution in [3.63, 3.8) is 0 Å². The van der Waals surface area contributed by atoms with Crippen LogP contribution in [0.2, 0.25) is 5.02 Å². The van der Waals surface area contributed by atoms with Crippen molar-refractivity contribution in [1.29, 1.82) is 0 Å². The molecule has 0 saturated carbocycles. The average molecular weight is 264 g/mol. The van der Waals surface area contributed by atoms with Crippen molar-refractivity contribution in [3.8, 4) is 11.5 Å². The van der Waals surface area contributed by atoms with E-state index in [2.05, 4.69) is 0 Å². The minimum Gasteiger partial charge on any atom is -0.490 e. The SMILES string of the molecule is Nc1ccc(OCCOc2ccccc2)cc1Cl. The van der Waals surface area contributed by atoms with Crippen LogP contribution in [0.1, 0.15) is 0 Å². The van der Waals surface area contributed by atoms with Gasteiger partial charge < -0.3 is 15.2 Å². The Bertz CT molecular complexity index is 502. The molecule has 0 atom stereocenters. The molecule has 2 rings (SSSR count). The van der Waals surface area contributed by atoms with Crippen LogP contribution in [0, 0.1) is 0 Å². The van der Waals surface area contributed by atoms with Crippen molar-refractivity contribution < 1.29 is 9.47 Å². The van der Waals surface area contributed by atoms with Crippen molar-refractivity contribution in [2.24, 2.45) is 0 Å². The zero-order valence-corrected chi connectivity index (χ0v) is 10.6. The molecule has 0 spiro atoms. The molecule has 0 heterocycles. The summed E-state index contributed by atoms with van der Waals surface area (Å²) in [7, 11) is 0. The van der Waals surface area contributed by atoms with Gasteiger partial charge in [0, 0.05) is 6.07 Å². The predicted molar refractivity (Wildman–Crippen MR) is 73.3 cm³/mol. The summed E-state index contributed by atoms with van der Waals surface area (Å²) >= 11 is 5.89. The summed E-state index contributed by atoms with van der Waals surface area (Å²) in [6.45, 7) is 0.932. The lowest BCUT2D eigenvalue weighted by Crippen LogP contribution is -2.08. The number of ether oxygens (including phenoxy) is 2. The van der Waals surface area contributed by atoms with Crippen LogP contribution < -0.4 is 15.2 Å². The Kier molecular flexibility index (Phi) is 4.31. The van der Waals surface area contributed by atoms with Crippen LogP contribution >= 0.6 is 11.6 Å². The highest BCUT2D eigenvalue weighted by Crippen LogP contribution is 2.23. The summed E-state index contributed by atoms with van der Waals surface area (Å²) in [6, 6.07) is 14.8. The van der Waals surface area contributed by atoms with Crippen LogP contribution in [-0.4, -0.2) is 13.2 Å². The van der Waals surface area contributed by atoms with E-state index in [4.69, 9.17) is 26.8 Å². The molecule has 2 aromatic carbocycles. The highest BCUT2D eigenvalue weighted by atomic mass is 35.5. The Labute approximate surface area is 111 Å². The summed E-state index contributed by atoms with van der Waals surface area (Å²) in [5, 5.41) is 0.497. The van der Waals surface area contributed by atoms with Gasteiger partial charge in [-0.1, -0.05) is 29.8 Å². The summed E-state index contributed by atoms with van der Waals surface area (Å²) in [5.41, 5.74) is 6.15. The topological polar surface area (TPSA) is 44.5 Å². The maximum absolute atomic E-state index is 5.89. The fourth-order valence-corrected chi connectivity index (χ4v) is 1.60. The molecular weight excluding hydrogens is 250 g/mol. The number of nitrogens with two attached hydrogens (primary N) is 1. The molecule has 0 unspecified atom stereocenters. The number of halogens is 1. The third-order valence-electron chi connectivity index (χ3n) is 2.34. The summed E-state index contributed by atoms with van der Waals surface area (Å²) < 4.78 is 11.0. The first kappa shape index (κ1) is 12.6. The van der Waals surface area contributed by atoms with Gasteiger partial charge >= 0.3 is 0 Å². The van der Waals surface area contributed by atoms with Crippen LogP contribution in [0.25, 0.3) is 0 Å². The van der Waals surface area contributed by atoms with Gasteiger partial charge in [-0.25, -0.2) is 0 Å². The molecule has 2 aromatic rings. The second-order valence-corrected chi connectivity index (χ2v) is 4.10. The highest BCUT2D eigenvalue weighted by Gasteiger charge is 1.99. The van der Waals surface area contributed by atoms with Gasteiger partial charge in [-0.2, -0.15) is 0 Å². The number of nitrogen functional groups attached to an aromatic ring is 1. The molecule has 0 bridgehead atoms. The van der Waals surface area contributed by atoms with Crippen molar-refractivity contribution in [2.75, 3.05) is 18.9 Å². The van der Waals surface area contributed by atoms with Gasteiger partial charge in [-0.05, 0) is 24.3 Å². The number of hydrogen-bond acceptors (Lipinski definition) is 3. The van der Waals surface area contributed by atoms with E-state index in [9.17, 15) is 0 Å². The van der Waals surface area contributed by atoms with E-state index in [0.717, 1.165) is 5.75 Å². The lowest BCUT2D eigenvalue weighted by atomic mass is 10.3. The van der Waals surface area contributed by atoms with E-state index < -0.39 is 0 Å². The fourth-order valence-electron chi connectivity index (χ4n) is 1.43. The summed E-state index contributed by atoms with van der Waals surface area (Å²) in [5.74, 6) is 1.52. The predicted octanol–water partition coefficient (Wildman–Crippen LogP) is 3.38. The van der Waals surface area contributed by atoms with Gasteiger partial charge in [0.1, 0.15) is 24.7 Å². The lowest BCUT2D eigenvalue weighted by molar-refractivity contribution is 0.217. The zero-order chi connectivity index (χ0) is 12.8. The van der Waals surface area contributed by atoms with Crippen molar-refractivity contribution in [1.82, 2.24) is 0 Å². The zero-order valence-electron chi connectivity index (χ0n) is 9.80. The van der Waals surface area contributed by atoms with Crippen molar-refractivity contribution in [3.05, 3.63) is 53.6 Å². The standard InChI is InChI=1S/C14H14ClNO2/c15-13-10-12(6-7-14(13)16)18-9-8-17-11-4-2-1-3-5-11/h1-7,10H,8-9,16H2. The van der Waals surface area contributed by atoms with Crippen LogP contribution in [0.15, 0.2) is 48.5 Å². The van der Waals surface area contributed by atoms with Gasteiger partial charge in [0.25, 0.3) is 0 Å². The maximum Gasteiger partial charge on any atom is 0.122 e. The highest BCUT2D eigenvalue weighted by molar-refractivity contribution is 6.33. The van der Waals surface area contributed by atoms with Crippen LogP contribution in [-0.2, 0) is 0 Å². The molecule has 4 heteroatoms. The number of benzene rings is 2. The van der Waals surface area contributed by atoms with Crippen molar-refractivity contribution in [2.45, 2.75) is 0 Å². The molecule has 0 aliphatic rings. The van der Waals surface area contributed by atoms with E-state index in [0.29, 0.717) is 29.7 Å². The third kappa shape index (κ3) is 3.57. The Hall–Kier alpha value is -1.87. The van der Waals surface area contributed by atoms with Crippen LogP contribution in [0.5, 0.6) is 11.5 Å². The first-order valence-corrected chi connectivity index (χ1v) is 5.99. The first-order chi connectivity index (χ1) is 8.75. The smallest absolute Gasteiger partial charge is 0.122 e. The minimum absolute atomic E-state index is 0.454. The normalized spacial score (nSPS) is 10.1. The molecule has 94 valence electrons. The number of anilines is 1. The number of para-hydroxylation sites is 1. The monoisotopic (exact) mass is 263 g/mol. The van der Waals surface area contributed by atoms with E-state index in [1.165, 1.54) is 0 Å². The number of rotatable bonds is 5. The van der Waals surface area contributed by atoms with Gasteiger partial charge in [0.2, 0.25) is 0 Å². The average Bonchev–Trinajstić information content (AvgIpc) is 2.40. The lowest BCUT2D eigenvalue weighted by Gasteiger charge is -2.09. The van der Waals surface area contributed by atoms with Gasteiger partial charge in [0.15, 0.2) is 0 Å². The van der Waals surface area contributed by atoms with Crippen LogP contribution in [0.3, 0.4) is 0 Å². The Morgan fingerprint density at radius 2 is 1.56 bits per heavy atom. The third-order valence-corrected chi connectivity index (χ3v) is 2.66. The molecule has 0 aromatic heterocycles. The molecule has 0 amide bonds. The molecule has 0 radical (unpaired) electrons. The summed E-state index contributed by atoms with van der Waals surface area (Å²) in [4.78, 5) is 0. The Morgan fingerprint density at radius 1 is 0.889 bits per heavy atom. The summed E-state index contributed by atoms with van der Waals surface area (Å²) in [6.07, 6.45) is 0. The quantitative estimate of drug-likeness (QED) is 0.664. The first-order valence-electron chi connectivity index (χ1n) is 5.61.